The molecule has 108 valence electrons. The van der Waals surface area contributed by atoms with Crippen LogP contribution in [0.1, 0.15) is 18.4 Å². The summed E-state index contributed by atoms with van der Waals surface area (Å²) in [4.78, 5) is 16.5. The minimum atomic E-state index is -0.491. The Morgan fingerprint density at radius 2 is 1.86 bits per heavy atom. The van der Waals surface area contributed by atoms with Crippen LogP contribution in [0.3, 0.4) is 0 Å². The van der Waals surface area contributed by atoms with Gasteiger partial charge in [0.05, 0.1) is 12.3 Å². The monoisotopic (exact) mass is 345 g/mol. The van der Waals surface area contributed by atoms with Crippen LogP contribution in [0.5, 0.6) is 0 Å². The van der Waals surface area contributed by atoms with Crippen molar-refractivity contribution in [2.45, 2.75) is 12.8 Å². The van der Waals surface area contributed by atoms with Crippen molar-refractivity contribution < 1.29 is 9.53 Å². The maximum atomic E-state index is 12.1. The number of rotatable bonds is 5. The van der Waals surface area contributed by atoms with Gasteiger partial charge in [-0.15, -0.1) is 0 Å². The molecule has 21 heavy (non-hydrogen) atoms. The van der Waals surface area contributed by atoms with Gasteiger partial charge in [-0.05, 0) is 36.8 Å². The Labute approximate surface area is 132 Å². The van der Waals surface area contributed by atoms with Crippen molar-refractivity contribution in [3.05, 3.63) is 64.6 Å². The predicted octanol–water partition coefficient (Wildman–Crippen LogP) is 4.50. The van der Waals surface area contributed by atoms with Gasteiger partial charge in [0.25, 0.3) is 0 Å². The van der Waals surface area contributed by atoms with E-state index in [0.29, 0.717) is 6.61 Å². The van der Waals surface area contributed by atoms with E-state index in [1.165, 1.54) is 0 Å². The molecule has 0 aliphatic carbocycles. The Bertz CT molecular complexity index is 608. The van der Waals surface area contributed by atoms with E-state index in [1.807, 2.05) is 54.6 Å². The fourth-order valence-corrected chi connectivity index (χ4v) is 2.13. The number of hydrogen-bond donors (Lipinski definition) is 0. The molecular weight excluding hydrogens is 330 g/mol. The number of carbonyl (C=O) groups excluding carboxylic acids is 1. The van der Waals surface area contributed by atoms with Gasteiger partial charge in [0.15, 0.2) is 0 Å². The molecule has 0 saturated carbocycles. The van der Waals surface area contributed by atoms with Crippen molar-refractivity contribution in [3.8, 4) is 0 Å². The summed E-state index contributed by atoms with van der Waals surface area (Å²) in [6, 6.07) is 17.1. The second-order valence-electron chi connectivity index (χ2n) is 4.39. The average molecular weight is 346 g/mol. The van der Waals surface area contributed by atoms with E-state index >= 15 is 0 Å². The standard InChI is InChI=1S/C17H16BrNO2/c1-2-21-17(20)16(13-6-4-3-5-7-13)12-19-15-10-8-14(18)9-11-15/h3-12,16H,2H2,1H3. The maximum Gasteiger partial charge on any atom is 0.318 e. The highest BCUT2D eigenvalue weighted by Gasteiger charge is 2.19. The zero-order valence-electron chi connectivity index (χ0n) is 11.7. The summed E-state index contributed by atoms with van der Waals surface area (Å²) < 4.78 is 6.12. The van der Waals surface area contributed by atoms with Crippen LogP contribution >= 0.6 is 15.9 Å². The van der Waals surface area contributed by atoms with Gasteiger partial charge in [-0.25, -0.2) is 0 Å². The van der Waals surface area contributed by atoms with Crippen LogP contribution < -0.4 is 0 Å². The van der Waals surface area contributed by atoms with Crippen LogP contribution in [0.15, 0.2) is 64.1 Å². The highest BCUT2D eigenvalue weighted by Crippen LogP contribution is 2.20. The zero-order chi connectivity index (χ0) is 15.1. The van der Waals surface area contributed by atoms with Crippen LogP contribution in [0, 0.1) is 0 Å². The van der Waals surface area contributed by atoms with Crippen molar-refractivity contribution in [3.63, 3.8) is 0 Å². The fraction of sp³-hybridized carbons (Fsp3) is 0.176. The molecule has 3 nitrogen and oxygen atoms in total. The summed E-state index contributed by atoms with van der Waals surface area (Å²) in [5, 5.41) is 0. The van der Waals surface area contributed by atoms with Crippen molar-refractivity contribution >= 4 is 33.8 Å². The molecule has 0 radical (unpaired) electrons. The Balaban J connectivity index is 2.23. The molecular formula is C17H16BrNO2. The topological polar surface area (TPSA) is 38.7 Å². The Morgan fingerprint density at radius 3 is 2.48 bits per heavy atom. The molecule has 0 bridgehead atoms. The van der Waals surface area contributed by atoms with Gasteiger partial charge in [0, 0.05) is 10.7 Å². The number of benzene rings is 2. The second-order valence-corrected chi connectivity index (χ2v) is 5.31. The summed E-state index contributed by atoms with van der Waals surface area (Å²) in [5.41, 5.74) is 1.67. The van der Waals surface area contributed by atoms with E-state index < -0.39 is 5.92 Å². The lowest BCUT2D eigenvalue weighted by atomic mass is 10.0. The van der Waals surface area contributed by atoms with Crippen LogP contribution in [0.2, 0.25) is 0 Å². The van der Waals surface area contributed by atoms with Gasteiger partial charge in [-0.3, -0.25) is 9.79 Å². The first-order valence-electron chi connectivity index (χ1n) is 6.72. The lowest BCUT2D eigenvalue weighted by molar-refractivity contribution is -0.143. The van der Waals surface area contributed by atoms with Gasteiger partial charge in [-0.1, -0.05) is 46.3 Å². The highest BCUT2D eigenvalue weighted by atomic mass is 79.9. The average Bonchev–Trinajstić information content (AvgIpc) is 2.51. The third-order valence-corrected chi connectivity index (χ3v) is 3.43. The molecule has 0 amide bonds. The van der Waals surface area contributed by atoms with E-state index in [4.69, 9.17) is 4.74 Å². The SMILES string of the molecule is CCOC(=O)C(C=Nc1ccc(Br)cc1)c1ccccc1. The number of ether oxygens (including phenoxy) is 1. The lowest BCUT2D eigenvalue weighted by Gasteiger charge is -2.11. The van der Waals surface area contributed by atoms with Crippen molar-refractivity contribution in [1.82, 2.24) is 0 Å². The van der Waals surface area contributed by atoms with Gasteiger partial charge in [0.1, 0.15) is 5.92 Å². The minimum Gasteiger partial charge on any atom is -0.465 e. The number of hydrogen-bond acceptors (Lipinski definition) is 3. The molecule has 0 aliphatic heterocycles. The first-order chi connectivity index (χ1) is 10.2. The smallest absolute Gasteiger partial charge is 0.318 e. The minimum absolute atomic E-state index is 0.287. The van der Waals surface area contributed by atoms with E-state index in [-0.39, 0.29) is 5.97 Å². The zero-order valence-corrected chi connectivity index (χ0v) is 13.3. The Hall–Kier alpha value is -1.94. The Kier molecular flexibility index (Phi) is 5.69. The summed E-state index contributed by atoms with van der Waals surface area (Å²) in [6.45, 7) is 2.15. The molecule has 0 aliphatic rings. The molecule has 0 saturated heterocycles. The van der Waals surface area contributed by atoms with Gasteiger partial charge >= 0.3 is 5.97 Å². The molecule has 2 aromatic rings. The molecule has 0 N–H and O–H groups in total. The van der Waals surface area contributed by atoms with Crippen molar-refractivity contribution in [2.24, 2.45) is 4.99 Å². The molecule has 0 heterocycles. The summed E-state index contributed by atoms with van der Waals surface area (Å²) in [6.07, 6.45) is 1.64. The molecule has 0 aromatic heterocycles. The van der Waals surface area contributed by atoms with Crippen LogP contribution in [-0.4, -0.2) is 18.8 Å². The third-order valence-electron chi connectivity index (χ3n) is 2.90. The number of aliphatic imine (C=N–C) groups is 1. The normalized spacial score (nSPS) is 12.3. The van der Waals surface area contributed by atoms with Crippen LogP contribution in [-0.2, 0) is 9.53 Å². The van der Waals surface area contributed by atoms with E-state index in [1.54, 1.807) is 13.1 Å². The van der Waals surface area contributed by atoms with E-state index in [2.05, 4.69) is 20.9 Å². The molecule has 0 fully saturated rings. The molecule has 2 rings (SSSR count). The quantitative estimate of drug-likeness (QED) is 0.591. The number of halogens is 1. The first-order valence-corrected chi connectivity index (χ1v) is 7.51. The number of carbonyl (C=O) groups is 1. The largest absolute Gasteiger partial charge is 0.465 e. The fourth-order valence-electron chi connectivity index (χ4n) is 1.86. The summed E-state index contributed by atoms with van der Waals surface area (Å²) in [7, 11) is 0. The van der Waals surface area contributed by atoms with E-state index in [0.717, 1.165) is 15.7 Å². The third kappa shape index (κ3) is 4.53. The summed E-state index contributed by atoms with van der Waals surface area (Å²) >= 11 is 3.38. The van der Waals surface area contributed by atoms with E-state index in [9.17, 15) is 4.79 Å². The summed E-state index contributed by atoms with van der Waals surface area (Å²) in [5.74, 6) is -0.778. The van der Waals surface area contributed by atoms with Gasteiger partial charge in [0.2, 0.25) is 0 Å². The van der Waals surface area contributed by atoms with Crippen molar-refractivity contribution in [1.29, 1.82) is 0 Å². The number of nitrogens with zero attached hydrogens (tertiary/aromatic N) is 1. The first kappa shape index (κ1) is 15.4. The van der Waals surface area contributed by atoms with Gasteiger partial charge in [-0.2, -0.15) is 0 Å². The Morgan fingerprint density at radius 1 is 1.19 bits per heavy atom. The second kappa shape index (κ2) is 7.74. The van der Waals surface area contributed by atoms with Crippen LogP contribution in [0.4, 0.5) is 5.69 Å². The highest BCUT2D eigenvalue weighted by molar-refractivity contribution is 9.10. The molecule has 0 spiro atoms. The number of esters is 1. The maximum absolute atomic E-state index is 12.1. The lowest BCUT2D eigenvalue weighted by Crippen LogP contribution is -2.17. The van der Waals surface area contributed by atoms with Crippen molar-refractivity contribution in [2.75, 3.05) is 6.61 Å². The van der Waals surface area contributed by atoms with Gasteiger partial charge < -0.3 is 4.74 Å². The predicted molar refractivity (Wildman–Crippen MR) is 88.1 cm³/mol. The molecule has 1 atom stereocenters. The molecule has 1 unspecified atom stereocenters. The molecule has 2 aromatic carbocycles. The molecule has 4 heteroatoms. The van der Waals surface area contributed by atoms with Crippen LogP contribution in [0.25, 0.3) is 0 Å².